The van der Waals surface area contributed by atoms with E-state index >= 15 is 0 Å². The van der Waals surface area contributed by atoms with E-state index in [9.17, 15) is 13.6 Å². The number of benzene rings is 1. The van der Waals surface area contributed by atoms with Crippen molar-refractivity contribution in [1.29, 1.82) is 0 Å². The molecule has 0 atom stereocenters. The van der Waals surface area contributed by atoms with Crippen LogP contribution < -0.4 is 14.8 Å². The number of thiazole rings is 1. The average molecular weight is 390 g/mol. The normalized spacial score (nSPS) is 14.2. The third-order valence-corrected chi connectivity index (χ3v) is 4.64. The highest BCUT2D eigenvalue weighted by Gasteiger charge is 2.43. The van der Waals surface area contributed by atoms with Crippen molar-refractivity contribution >= 4 is 23.1 Å². The van der Waals surface area contributed by atoms with E-state index in [0.717, 1.165) is 4.88 Å². The molecular formula is C17H12F2N4O3S. The predicted molar refractivity (Wildman–Crippen MR) is 93.2 cm³/mol. The highest BCUT2D eigenvalue weighted by atomic mass is 32.1. The Morgan fingerprint density at radius 3 is 2.48 bits per heavy atom. The minimum atomic E-state index is -3.68. The molecule has 1 aromatic carbocycles. The number of halogens is 2. The van der Waals surface area contributed by atoms with Crippen LogP contribution in [-0.2, 0) is 0 Å². The number of carbonyl (C=O) groups excluding carboxylic acids is 1. The maximum atomic E-state index is 13.2. The molecule has 0 unspecified atom stereocenters. The molecule has 138 valence electrons. The van der Waals surface area contributed by atoms with Gasteiger partial charge in [0.15, 0.2) is 17.3 Å². The van der Waals surface area contributed by atoms with E-state index in [2.05, 4.69) is 29.7 Å². The maximum Gasteiger partial charge on any atom is 0.586 e. The molecule has 3 aromatic rings. The van der Waals surface area contributed by atoms with Gasteiger partial charge in [0.05, 0.1) is 23.6 Å². The molecule has 3 heterocycles. The van der Waals surface area contributed by atoms with Gasteiger partial charge in [0, 0.05) is 10.4 Å². The van der Waals surface area contributed by atoms with E-state index in [1.165, 1.54) is 35.9 Å². The van der Waals surface area contributed by atoms with Crippen LogP contribution in [0.3, 0.4) is 0 Å². The molecular weight excluding hydrogens is 378 g/mol. The fourth-order valence-corrected chi connectivity index (χ4v) is 3.18. The van der Waals surface area contributed by atoms with E-state index < -0.39 is 6.29 Å². The average Bonchev–Trinajstić information content (AvgIpc) is 3.16. The molecule has 10 heteroatoms. The van der Waals surface area contributed by atoms with Crippen molar-refractivity contribution in [2.75, 3.05) is 5.32 Å². The molecule has 0 fully saturated rings. The first-order valence-corrected chi connectivity index (χ1v) is 8.65. The van der Waals surface area contributed by atoms with Gasteiger partial charge in [-0.25, -0.2) is 9.97 Å². The largest absolute Gasteiger partial charge is 0.586 e. The Bertz CT molecular complexity index is 1040. The number of amides is 1. The summed E-state index contributed by atoms with van der Waals surface area (Å²) in [4.78, 5) is 25.4. The minimum absolute atomic E-state index is 0.0308. The Hall–Kier alpha value is -3.14. The van der Waals surface area contributed by atoms with Crippen LogP contribution in [0.5, 0.6) is 11.5 Å². The fraction of sp³-hybridized carbons (Fsp3) is 0.176. The lowest BCUT2D eigenvalue weighted by Gasteiger charge is -2.08. The molecule has 1 aliphatic heterocycles. The summed E-state index contributed by atoms with van der Waals surface area (Å²) in [5.74, 6) is -0.228. The fourth-order valence-electron chi connectivity index (χ4n) is 2.60. The molecule has 4 rings (SSSR count). The van der Waals surface area contributed by atoms with Crippen LogP contribution >= 0.6 is 11.3 Å². The van der Waals surface area contributed by atoms with Gasteiger partial charge >= 0.3 is 6.29 Å². The van der Waals surface area contributed by atoms with E-state index in [1.807, 2.05) is 0 Å². The Morgan fingerprint density at radius 1 is 1.11 bits per heavy atom. The summed E-state index contributed by atoms with van der Waals surface area (Å²) in [5.41, 5.74) is 3.59. The van der Waals surface area contributed by atoms with Gasteiger partial charge in [0.25, 0.3) is 5.91 Å². The summed E-state index contributed by atoms with van der Waals surface area (Å²) < 4.78 is 35.3. The van der Waals surface area contributed by atoms with Crippen LogP contribution in [0, 0.1) is 13.8 Å². The summed E-state index contributed by atoms with van der Waals surface area (Å²) >= 11 is 1.37. The minimum Gasteiger partial charge on any atom is -0.395 e. The molecule has 0 bridgehead atoms. The van der Waals surface area contributed by atoms with Gasteiger partial charge in [-0.2, -0.15) is 0 Å². The molecule has 1 N–H and O–H groups in total. The van der Waals surface area contributed by atoms with Crippen LogP contribution in [0.2, 0.25) is 0 Å². The second-order valence-electron chi connectivity index (χ2n) is 5.78. The topological polar surface area (TPSA) is 86.2 Å². The number of hydrogen-bond donors (Lipinski definition) is 1. The number of ether oxygens (including phenoxy) is 2. The van der Waals surface area contributed by atoms with Gasteiger partial charge < -0.3 is 14.8 Å². The van der Waals surface area contributed by atoms with E-state index in [4.69, 9.17) is 0 Å². The number of aromatic nitrogens is 3. The van der Waals surface area contributed by atoms with Crippen LogP contribution in [-0.4, -0.2) is 27.2 Å². The number of hydrogen-bond acceptors (Lipinski definition) is 7. The third-order valence-electron chi connectivity index (χ3n) is 3.88. The van der Waals surface area contributed by atoms with Gasteiger partial charge in [-0.3, -0.25) is 9.78 Å². The van der Waals surface area contributed by atoms with Crippen molar-refractivity contribution in [2.24, 2.45) is 0 Å². The van der Waals surface area contributed by atoms with Crippen molar-refractivity contribution < 1.29 is 23.0 Å². The van der Waals surface area contributed by atoms with Gasteiger partial charge in [-0.15, -0.1) is 20.1 Å². The molecule has 0 spiro atoms. The monoisotopic (exact) mass is 390 g/mol. The number of nitrogens with zero attached hydrogens (tertiary/aromatic N) is 3. The molecule has 0 aliphatic carbocycles. The second-order valence-corrected chi connectivity index (χ2v) is 6.84. The molecule has 0 saturated heterocycles. The molecule has 7 nitrogen and oxygen atoms in total. The van der Waals surface area contributed by atoms with Gasteiger partial charge in [-0.1, -0.05) is 0 Å². The lowest BCUT2D eigenvalue weighted by Crippen LogP contribution is -2.25. The number of nitrogens with one attached hydrogen (secondary N) is 1. The van der Waals surface area contributed by atoms with Gasteiger partial charge in [0.1, 0.15) is 5.69 Å². The zero-order chi connectivity index (χ0) is 19.2. The molecule has 0 radical (unpaired) electrons. The van der Waals surface area contributed by atoms with Crippen molar-refractivity contribution in [3.8, 4) is 22.8 Å². The van der Waals surface area contributed by atoms with Gasteiger partial charge in [-0.05, 0) is 31.5 Å². The number of aryl methyl sites for hydroxylation is 2. The van der Waals surface area contributed by atoms with Crippen molar-refractivity contribution in [3.63, 3.8) is 0 Å². The van der Waals surface area contributed by atoms with E-state index in [1.54, 1.807) is 19.4 Å². The summed E-state index contributed by atoms with van der Waals surface area (Å²) in [6.07, 6.45) is -0.860. The standard InChI is InChI=1S/C17H12F2N4O3S/c1-8-3-12-13(26-17(18,19)25-12)4-10(8)11-5-21-14(6-20-11)23-16(24)15-9(2)27-7-22-15/h3-7H,1-2H3,(H,21,23,24). The number of rotatable bonds is 3. The second kappa shape index (κ2) is 6.23. The van der Waals surface area contributed by atoms with Crippen LogP contribution in [0.15, 0.2) is 30.0 Å². The first-order chi connectivity index (χ1) is 12.8. The molecule has 1 amide bonds. The molecule has 27 heavy (non-hydrogen) atoms. The third kappa shape index (κ3) is 3.31. The Labute approximate surface area is 156 Å². The molecule has 0 saturated carbocycles. The summed E-state index contributed by atoms with van der Waals surface area (Å²) in [6.45, 7) is 3.53. The number of anilines is 1. The first kappa shape index (κ1) is 17.3. The zero-order valence-electron chi connectivity index (χ0n) is 14.1. The van der Waals surface area contributed by atoms with E-state index in [-0.39, 0.29) is 23.2 Å². The lowest BCUT2D eigenvalue weighted by atomic mass is 10.1. The van der Waals surface area contributed by atoms with Crippen molar-refractivity contribution in [3.05, 3.63) is 46.2 Å². The van der Waals surface area contributed by atoms with E-state index in [0.29, 0.717) is 22.5 Å². The summed E-state index contributed by atoms with van der Waals surface area (Å²) in [7, 11) is 0. The SMILES string of the molecule is Cc1cc2c(cc1-c1cnc(NC(=O)c3ncsc3C)cn1)OC(F)(F)O2. The highest BCUT2D eigenvalue weighted by molar-refractivity contribution is 7.09. The highest BCUT2D eigenvalue weighted by Crippen LogP contribution is 2.44. The quantitative estimate of drug-likeness (QED) is 0.732. The molecule has 2 aromatic heterocycles. The Kier molecular flexibility index (Phi) is 3.99. The lowest BCUT2D eigenvalue weighted by molar-refractivity contribution is -0.286. The summed E-state index contributed by atoms with van der Waals surface area (Å²) in [5, 5.41) is 2.62. The zero-order valence-corrected chi connectivity index (χ0v) is 14.9. The number of alkyl halides is 2. The smallest absolute Gasteiger partial charge is 0.395 e. The summed E-state index contributed by atoms with van der Waals surface area (Å²) in [6, 6.07) is 2.88. The van der Waals surface area contributed by atoms with Crippen LogP contribution in [0.1, 0.15) is 20.9 Å². The van der Waals surface area contributed by atoms with Crippen molar-refractivity contribution in [1.82, 2.24) is 15.0 Å². The number of carbonyl (C=O) groups is 1. The predicted octanol–water partition coefficient (Wildman–Crippen LogP) is 3.79. The van der Waals surface area contributed by atoms with Crippen LogP contribution in [0.25, 0.3) is 11.3 Å². The van der Waals surface area contributed by atoms with Gasteiger partial charge in [0.2, 0.25) is 0 Å². The number of fused-ring (bicyclic) bond motifs is 1. The Balaban J connectivity index is 1.57. The van der Waals surface area contributed by atoms with Crippen molar-refractivity contribution in [2.45, 2.75) is 20.1 Å². The molecule has 1 aliphatic rings. The van der Waals surface area contributed by atoms with Crippen LogP contribution in [0.4, 0.5) is 14.6 Å². The maximum absolute atomic E-state index is 13.2. The Morgan fingerprint density at radius 2 is 1.85 bits per heavy atom. The first-order valence-electron chi connectivity index (χ1n) is 7.77.